The van der Waals surface area contributed by atoms with Crippen LogP contribution in [-0.4, -0.2) is 11.6 Å². The van der Waals surface area contributed by atoms with Crippen molar-refractivity contribution in [3.8, 4) is 0 Å². The van der Waals surface area contributed by atoms with E-state index in [0.717, 1.165) is 42.4 Å². The van der Waals surface area contributed by atoms with Crippen molar-refractivity contribution in [2.24, 2.45) is 46.3 Å². The van der Waals surface area contributed by atoms with Gasteiger partial charge in [0.25, 0.3) is 0 Å². The standard InChI is InChI=1S/C22H36O2/c1-7-22(24-19(23)21(5,6)20(2,3)4)12-15-11-16(22)18-14-9-8-13(10-14)17(15)18/h13-18H,7-12H2,1-6H3. The summed E-state index contributed by atoms with van der Waals surface area (Å²) in [5.74, 6) is 5.30. The van der Waals surface area contributed by atoms with Crippen LogP contribution in [-0.2, 0) is 9.53 Å². The molecule has 0 saturated heterocycles. The van der Waals surface area contributed by atoms with Gasteiger partial charge in [-0.25, -0.2) is 0 Å². The third-order valence-corrected chi connectivity index (χ3v) is 9.18. The first-order chi connectivity index (χ1) is 11.1. The van der Waals surface area contributed by atoms with Crippen molar-refractivity contribution in [3.05, 3.63) is 0 Å². The summed E-state index contributed by atoms with van der Waals surface area (Å²) >= 11 is 0. The quantitative estimate of drug-likeness (QED) is 0.507. The van der Waals surface area contributed by atoms with Crippen molar-refractivity contribution in [2.45, 2.75) is 85.7 Å². The number of hydrogen-bond acceptors (Lipinski definition) is 2. The molecule has 4 aliphatic carbocycles. The molecule has 0 heterocycles. The molecule has 0 N–H and O–H groups in total. The van der Waals surface area contributed by atoms with Gasteiger partial charge in [0.1, 0.15) is 5.60 Å². The average Bonchev–Trinajstić information content (AvgIpc) is 3.23. The summed E-state index contributed by atoms with van der Waals surface area (Å²) in [7, 11) is 0. The van der Waals surface area contributed by atoms with Gasteiger partial charge >= 0.3 is 5.97 Å². The van der Waals surface area contributed by atoms with Gasteiger partial charge in [0.2, 0.25) is 0 Å². The molecule has 2 heteroatoms. The molecule has 0 aromatic rings. The van der Waals surface area contributed by atoms with Crippen molar-refractivity contribution >= 4 is 5.97 Å². The molecule has 136 valence electrons. The molecule has 4 fully saturated rings. The van der Waals surface area contributed by atoms with E-state index in [4.69, 9.17) is 4.74 Å². The summed E-state index contributed by atoms with van der Waals surface area (Å²) < 4.78 is 6.45. The van der Waals surface area contributed by atoms with Gasteiger partial charge < -0.3 is 4.74 Å². The molecule has 4 saturated carbocycles. The lowest BCUT2D eigenvalue weighted by atomic mass is 9.64. The SMILES string of the molecule is CCC1(OC(=O)C(C)(C)C(C)(C)C)CC2CC1C1C3CCC(C3)C21. The average molecular weight is 333 g/mol. The highest BCUT2D eigenvalue weighted by atomic mass is 16.6. The monoisotopic (exact) mass is 332 g/mol. The Balaban J connectivity index is 1.58. The highest BCUT2D eigenvalue weighted by Crippen LogP contribution is 2.71. The van der Waals surface area contributed by atoms with E-state index in [-0.39, 0.29) is 17.0 Å². The zero-order valence-electron chi connectivity index (χ0n) is 16.5. The Labute approximate surface area is 148 Å². The van der Waals surface area contributed by atoms with E-state index < -0.39 is 5.41 Å². The van der Waals surface area contributed by atoms with Crippen molar-refractivity contribution in [3.63, 3.8) is 0 Å². The number of carbonyl (C=O) groups excluding carboxylic acids is 1. The molecule has 4 aliphatic rings. The summed E-state index contributed by atoms with van der Waals surface area (Å²) in [6.07, 6.45) is 7.87. The molecule has 0 aliphatic heterocycles. The zero-order chi connectivity index (χ0) is 17.5. The van der Waals surface area contributed by atoms with Crippen LogP contribution in [0.3, 0.4) is 0 Å². The van der Waals surface area contributed by atoms with Gasteiger partial charge in [-0.1, -0.05) is 27.7 Å². The fourth-order valence-electron chi connectivity index (χ4n) is 6.91. The second kappa shape index (κ2) is 5.01. The van der Waals surface area contributed by atoms with Crippen molar-refractivity contribution < 1.29 is 9.53 Å². The molecule has 0 spiro atoms. The van der Waals surface area contributed by atoms with Gasteiger partial charge in [0.05, 0.1) is 5.41 Å². The maximum atomic E-state index is 13.1. The predicted octanol–water partition coefficient (Wildman–Crippen LogP) is 5.45. The molecular formula is C22H36O2. The normalized spacial score (nSPS) is 46.4. The van der Waals surface area contributed by atoms with Gasteiger partial charge in [-0.2, -0.15) is 0 Å². The third kappa shape index (κ3) is 2.04. The van der Waals surface area contributed by atoms with E-state index in [1.165, 1.54) is 25.7 Å². The van der Waals surface area contributed by atoms with Gasteiger partial charge in [-0.05, 0) is 87.4 Å². The van der Waals surface area contributed by atoms with Gasteiger partial charge in [0.15, 0.2) is 0 Å². The van der Waals surface area contributed by atoms with Gasteiger partial charge in [-0.15, -0.1) is 0 Å². The Morgan fingerprint density at radius 1 is 1.00 bits per heavy atom. The van der Waals surface area contributed by atoms with Crippen molar-refractivity contribution in [1.82, 2.24) is 0 Å². The van der Waals surface area contributed by atoms with Gasteiger partial charge in [0, 0.05) is 5.92 Å². The largest absolute Gasteiger partial charge is 0.458 e. The van der Waals surface area contributed by atoms with Crippen LogP contribution in [0.4, 0.5) is 0 Å². The van der Waals surface area contributed by atoms with E-state index in [1.807, 2.05) is 0 Å². The first kappa shape index (κ1) is 16.9. The molecule has 0 aromatic heterocycles. The summed E-state index contributed by atoms with van der Waals surface area (Å²) in [5.41, 5.74) is -0.674. The zero-order valence-corrected chi connectivity index (χ0v) is 16.5. The highest BCUT2D eigenvalue weighted by Gasteiger charge is 2.68. The van der Waals surface area contributed by atoms with Crippen LogP contribution >= 0.6 is 0 Å². The minimum Gasteiger partial charge on any atom is -0.458 e. The van der Waals surface area contributed by atoms with E-state index >= 15 is 0 Å². The van der Waals surface area contributed by atoms with Crippen LogP contribution in [0.2, 0.25) is 0 Å². The van der Waals surface area contributed by atoms with Crippen LogP contribution in [0.25, 0.3) is 0 Å². The molecule has 0 amide bonds. The molecule has 4 rings (SSSR count). The number of carbonyl (C=O) groups is 1. The van der Waals surface area contributed by atoms with Crippen molar-refractivity contribution in [1.29, 1.82) is 0 Å². The molecule has 24 heavy (non-hydrogen) atoms. The highest BCUT2D eigenvalue weighted by molar-refractivity contribution is 5.77. The van der Waals surface area contributed by atoms with Crippen LogP contribution in [0.1, 0.15) is 80.1 Å². The molecule has 2 nitrogen and oxygen atoms in total. The molecule has 7 unspecified atom stereocenters. The number of fused-ring (bicyclic) bond motifs is 9. The molecule has 4 bridgehead atoms. The Kier molecular flexibility index (Phi) is 3.53. The maximum Gasteiger partial charge on any atom is 0.312 e. The Hall–Kier alpha value is -0.530. The fraction of sp³-hybridized carbons (Fsp3) is 0.955. The Morgan fingerprint density at radius 2 is 1.62 bits per heavy atom. The van der Waals surface area contributed by atoms with E-state index in [2.05, 4.69) is 41.5 Å². The number of hydrogen-bond donors (Lipinski definition) is 0. The summed E-state index contributed by atoms with van der Waals surface area (Å²) in [5, 5.41) is 0. The fourth-order valence-corrected chi connectivity index (χ4v) is 6.91. The molecule has 7 atom stereocenters. The van der Waals surface area contributed by atoms with Crippen LogP contribution in [0, 0.1) is 46.3 Å². The van der Waals surface area contributed by atoms with E-state index in [1.54, 1.807) is 0 Å². The smallest absolute Gasteiger partial charge is 0.312 e. The molecular weight excluding hydrogens is 296 g/mol. The number of esters is 1. The van der Waals surface area contributed by atoms with Gasteiger partial charge in [-0.3, -0.25) is 4.79 Å². The minimum absolute atomic E-state index is 0.0316. The second-order valence-corrected chi connectivity index (χ2v) is 11.0. The minimum atomic E-state index is -0.439. The number of rotatable bonds is 3. The lowest BCUT2D eigenvalue weighted by Crippen LogP contribution is -2.50. The molecule has 0 radical (unpaired) electrons. The first-order valence-corrected chi connectivity index (χ1v) is 10.3. The predicted molar refractivity (Wildman–Crippen MR) is 96.4 cm³/mol. The summed E-state index contributed by atoms with van der Waals surface area (Å²) in [6.45, 7) is 12.8. The summed E-state index contributed by atoms with van der Waals surface area (Å²) in [4.78, 5) is 13.1. The van der Waals surface area contributed by atoms with Crippen molar-refractivity contribution in [2.75, 3.05) is 0 Å². The lowest BCUT2D eigenvalue weighted by Gasteiger charge is -2.47. The topological polar surface area (TPSA) is 26.3 Å². The Bertz CT molecular complexity index is 543. The molecule has 0 aromatic carbocycles. The second-order valence-electron chi connectivity index (χ2n) is 11.0. The van der Waals surface area contributed by atoms with Crippen LogP contribution in [0.5, 0.6) is 0 Å². The lowest BCUT2D eigenvalue weighted by molar-refractivity contribution is -0.188. The van der Waals surface area contributed by atoms with E-state index in [0.29, 0.717) is 5.92 Å². The first-order valence-electron chi connectivity index (χ1n) is 10.3. The van der Waals surface area contributed by atoms with Crippen LogP contribution in [0.15, 0.2) is 0 Å². The summed E-state index contributed by atoms with van der Waals surface area (Å²) in [6, 6.07) is 0. The number of ether oxygens (including phenoxy) is 1. The van der Waals surface area contributed by atoms with Crippen LogP contribution < -0.4 is 0 Å². The van der Waals surface area contributed by atoms with E-state index in [9.17, 15) is 4.79 Å². The third-order valence-electron chi connectivity index (χ3n) is 9.18. The Morgan fingerprint density at radius 3 is 2.21 bits per heavy atom. The maximum absolute atomic E-state index is 13.1.